The molecule has 2 rings (SSSR count). The molecule has 0 fully saturated rings. The molecule has 102 valence electrons. The van der Waals surface area contributed by atoms with Crippen LogP contribution in [0.5, 0.6) is 0 Å². The number of alkyl halides is 1. The van der Waals surface area contributed by atoms with Crippen LogP contribution in [0.4, 0.5) is 0 Å². The minimum Gasteiger partial charge on any atom is -0.306 e. The number of hydrogen-bond acceptors (Lipinski definition) is 3. The zero-order valence-electron chi connectivity index (χ0n) is 11.3. The lowest BCUT2D eigenvalue weighted by molar-refractivity contribution is 0.548. The molecule has 2 nitrogen and oxygen atoms in total. The molecule has 0 bridgehead atoms. The van der Waals surface area contributed by atoms with E-state index in [1.54, 1.807) is 11.3 Å². The molecule has 0 amide bonds. The fourth-order valence-corrected chi connectivity index (χ4v) is 3.03. The summed E-state index contributed by atoms with van der Waals surface area (Å²) < 4.78 is 0. The van der Waals surface area contributed by atoms with Gasteiger partial charge in [-0.25, -0.2) is 4.98 Å². The Morgan fingerprint density at radius 3 is 2.58 bits per heavy atom. The van der Waals surface area contributed by atoms with Crippen molar-refractivity contribution in [2.75, 3.05) is 5.88 Å². The third kappa shape index (κ3) is 4.30. The number of nitrogens with zero attached hydrogens (tertiary/aromatic N) is 1. The number of rotatable bonds is 6. The molecule has 0 aliphatic rings. The average Bonchev–Trinajstić information content (AvgIpc) is 2.75. The molecule has 4 heteroatoms. The largest absolute Gasteiger partial charge is 0.306 e. The molecule has 1 N–H and O–H groups in total. The maximum atomic E-state index is 6.04. The van der Waals surface area contributed by atoms with Gasteiger partial charge in [0.2, 0.25) is 0 Å². The minimum absolute atomic E-state index is 0.286. The first-order chi connectivity index (χ1) is 9.19. The van der Waals surface area contributed by atoms with E-state index in [0.29, 0.717) is 5.88 Å². The minimum atomic E-state index is 0.286. The maximum Gasteiger partial charge on any atom is 0.107 e. The highest BCUT2D eigenvalue weighted by Gasteiger charge is 2.10. The number of thiazole rings is 1. The van der Waals surface area contributed by atoms with Crippen molar-refractivity contribution in [2.45, 2.75) is 32.9 Å². The van der Waals surface area contributed by atoms with Crippen molar-refractivity contribution in [3.05, 3.63) is 51.5 Å². The maximum absolute atomic E-state index is 6.04. The highest BCUT2D eigenvalue weighted by atomic mass is 35.5. The Kier molecular flexibility index (Phi) is 5.37. The first kappa shape index (κ1) is 14.5. The Bertz CT molecular complexity index is 491. The number of benzene rings is 1. The first-order valence-electron chi connectivity index (χ1n) is 6.45. The third-order valence-electron chi connectivity index (χ3n) is 3.13. The number of aryl methyl sites for hydroxylation is 2. The molecule has 0 aliphatic carbocycles. The first-order valence-corrected chi connectivity index (χ1v) is 7.80. The molecule has 1 aromatic carbocycles. The molecule has 1 aromatic heterocycles. The van der Waals surface area contributed by atoms with Gasteiger partial charge in [0.25, 0.3) is 0 Å². The van der Waals surface area contributed by atoms with E-state index in [1.165, 1.54) is 10.4 Å². The van der Waals surface area contributed by atoms with Crippen molar-refractivity contribution in [3.63, 3.8) is 0 Å². The summed E-state index contributed by atoms with van der Waals surface area (Å²) in [6.45, 7) is 4.96. The zero-order valence-corrected chi connectivity index (χ0v) is 12.9. The lowest BCUT2D eigenvalue weighted by Gasteiger charge is -2.15. The van der Waals surface area contributed by atoms with Crippen LogP contribution in [-0.2, 0) is 13.0 Å². The van der Waals surface area contributed by atoms with Gasteiger partial charge in [0.05, 0.1) is 5.69 Å². The van der Waals surface area contributed by atoms with Gasteiger partial charge in [-0.05, 0) is 25.8 Å². The van der Waals surface area contributed by atoms with Crippen molar-refractivity contribution < 1.29 is 0 Å². The van der Waals surface area contributed by atoms with Crippen LogP contribution in [-0.4, -0.2) is 16.9 Å². The van der Waals surface area contributed by atoms with Crippen LogP contribution in [0.1, 0.15) is 21.1 Å². The van der Waals surface area contributed by atoms with Crippen LogP contribution in [0, 0.1) is 13.8 Å². The Morgan fingerprint density at radius 1 is 1.26 bits per heavy atom. The summed E-state index contributed by atoms with van der Waals surface area (Å²) in [4.78, 5) is 5.83. The fourth-order valence-electron chi connectivity index (χ4n) is 1.93. The monoisotopic (exact) mass is 294 g/mol. The van der Waals surface area contributed by atoms with Crippen LogP contribution < -0.4 is 5.32 Å². The van der Waals surface area contributed by atoms with Crippen molar-refractivity contribution in [3.8, 4) is 0 Å². The number of halogens is 1. The van der Waals surface area contributed by atoms with E-state index in [0.717, 1.165) is 23.7 Å². The molecule has 1 heterocycles. The van der Waals surface area contributed by atoms with Gasteiger partial charge in [0.15, 0.2) is 0 Å². The lowest BCUT2D eigenvalue weighted by Crippen LogP contribution is -2.32. The number of hydrogen-bond donors (Lipinski definition) is 1. The molecular weight excluding hydrogens is 276 g/mol. The molecular formula is C15H19ClN2S. The second kappa shape index (κ2) is 7.04. The predicted molar refractivity (Wildman–Crippen MR) is 83.1 cm³/mol. The van der Waals surface area contributed by atoms with E-state index in [4.69, 9.17) is 11.6 Å². The molecule has 0 aliphatic heterocycles. The summed E-state index contributed by atoms with van der Waals surface area (Å²) in [7, 11) is 0. The van der Waals surface area contributed by atoms with Gasteiger partial charge < -0.3 is 5.32 Å². The number of aromatic nitrogens is 1. The van der Waals surface area contributed by atoms with Crippen LogP contribution in [0.25, 0.3) is 0 Å². The molecule has 2 aromatic rings. The van der Waals surface area contributed by atoms with E-state index in [2.05, 4.69) is 48.4 Å². The van der Waals surface area contributed by atoms with Gasteiger partial charge >= 0.3 is 0 Å². The predicted octanol–water partition coefficient (Wildman–Crippen LogP) is 3.70. The van der Waals surface area contributed by atoms with E-state index in [9.17, 15) is 0 Å². The summed E-state index contributed by atoms with van der Waals surface area (Å²) in [5, 5.41) is 4.63. The number of nitrogens with one attached hydrogen (secondary N) is 1. The van der Waals surface area contributed by atoms with Crippen LogP contribution in [0.2, 0.25) is 0 Å². The van der Waals surface area contributed by atoms with Crippen molar-refractivity contribution in [1.29, 1.82) is 0 Å². The molecule has 0 radical (unpaired) electrons. The summed E-state index contributed by atoms with van der Waals surface area (Å²) in [5.41, 5.74) is 2.44. The van der Waals surface area contributed by atoms with E-state index < -0.39 is 0 Å². The van der Waals surface area contributed by atoms with Gasteiger partial charge in [-0.1, -0.05) is 30.3 Å². The van der Waals surface area contributed by atoms with E-state index in [1.807, 2.05) is 6.07 Å². The van der Waals surface area contributed by atoms with E-state index >= 15 is 0 Å². The van der Waals surface area contributed by atoms with Crippen molar-refractivity contribution >= 4 is 22.9 Å². The van der Waals surface area contributed by atoms with Gasteiger partial charge in [0, 0.05) is 23.3 Å². The summed E-state index contributed by atoms with van der Waals surface area (Å²) in [6.07, 6.45) is 0.952. The second-order valence-electron chi connectivity index (χ2n) is 4.67. The fraction of sp³-hybridized carbons (Fsp3) is 0.400. The van der Waals surface area contributed by atoms with Gasteiger partial charge in [0.1, 0.15) is 5.01 Å². The average molecular weight is 295 g/mol. The van der Waals surface area contributed by atoms with Crippen LogP contribution >= 0.6 is 22.9 Å². The molecule has 1 unspecified atom stereocenters. The Labute approximate surface area is 123 Å². The standard InChI is InChI=1S/C15H19ClN2S/c1-11-12(2)19-15(18-11)10-17-14(9-16)8-13-6-4-3-5-7-13/h3-7,14,17H,8-10H2,1-2H3. The van der Waals surface area contributed by atoms with Gasteiger partial charge in [-0.3, -0.25) is 0 Å². The lowest BCUT2D eigenvalue weighted by atomic mass is 10.1. The molecule has 19 heavy (non-hydrogen) atoms. The smallest absolute Gasteiger partial charge is 0.107 e. The summed E-state index contributed by atoms with van der Waals surface area (Å²) in [5.74, 6) is 0.609. The van der Waals surface area contributed by atoms with Gasteiger partial charge in [-0.15, -0.1) is 22.9 Å². The van der Waals surface area contributed by atoms with Crippen LogP contribution in [0.3, 0.4) is 0 Å². The van der Waals surface area contributed by atoms with Gasteiger partial charge in [-0.2, -0.15) is 0 Å². The quantitative estimate of drug-likeness (QED) is 0.822. The molecule has 1 atom stereocenters. The Morgan fingerprint density at radius 2 is 2.00 bits per heavy atom. The van der Waals surface area contributed by atoms with Crippen LogP contribution in [0.15, 0.2) is 30.3 Å². The SMILES string of the molecule is Cc1nc(CNC(CCl)Cc2ccccc2)sc1C. The topological polar surface area (TPSA) is 24.9 Å². The summed E-state index contributed by atoms with van der Waals surface area (Å²) >= 11 is 7.80. The summed E-state index contributed by atoms with van der Waals surface area (Å²) in [6, 6.07) is 10.7. The second-order valence-corrected chi connectivity index (χ2v) is 6.27. The normalized spacial score (nSPS) is 12.6. The Balaban J connectivity index is 1.89. The van der Waals surface area contributed by atoms with Crippen molar-refractivity contribution in [1.82, 2.24) is 10.3 Å². The van der Waals surface area contributed by atoms with E-state index in [-0.39, 0.29) is 6.04 Å². The molecule has 0 saturated carbocycles. The Hall–Kier alpha value is -0.900. The zero-order chi connectivity index (χ0) is 13.7. The highest BCUT2D eigenvalue weighted by molar-refractivity contribution is 7.11. The highest BCUT2D eigenvalue weighted by Crippen LogP contribution is 2.16. The molecule has 0 saturated heterocycles. The van der Waals surface area contributed by atoms with Crippen molar-refractivity contribution in [2.24, 2.45) is 0 Å². The third-order valence-corrected chi connectivity index (χ3v) is 4.57. The molecule has 0 spiro atoms.